The molecule has 2 fully saturated rings. The van der Waals surface area contributed by atoms with Gasteiger partial charge in [0, 0.05) is 17.6 Å². The molecule has 2 N–H and O–H groups in total. The molecule has 2 aliphatic carbocycles. The van der Waals surface area contributed by atoms with Crippen molar-refractivity contribution in [1.82, 2.24) is 5.32 Å². The molecule has 0 bridgehead atoms. The zero-order valence-electron chi connectivity index (χ0n) is 10.5. The maximum Gasteiger partial charge on any atom is 0.0692 e. The lowest BCUT2D eigenvalue weighted by Gasteiger charge is -2.37. The highest BCUT2D eigenvalue weighted by Crippen LogP contribution is 2.38. The van der Waals surface area contributed by atoms with Crippen LogP contribution >= 0.6 is 11.6 Å². The lowest BCUT2D eigenvalue weighted by Crippen LogP contribution is -2.43. The van der Waals surface area contributed by atoms with Gasteiger partial charge in [0.25, 0.3) is 0 Å². The molecule has 0 aliphatic heterocycles. The van der Waals surface area contributed by atoms with E-state index in [9.17, 15) is 5.11 Å². The van der Waals surface area contributed by atoms with Crippen LogP contribution in [0.4, 0.5) is 0 Å². The Morgan fingerprint density at radius 2 is 2.11 bits per heavy atom. The second kappa shape index (κ2) is 5.20. The van der Waals surface area contributed by atoms with Crippen molar-refractivity contribution in [3.05, 3.63) is 34.9 Å². The van der Waals surface area contributed by atoms with Gasteiger partial charge in [-0.1, -0.05) is 23.7 Å². The summed E-state index contributed by atoms with van der Waals surface area (Å²) in [4.78, 5) is 0. The zero-order chi connectivity index (χ0) is 12.5. The normalized spacial score (nSPS) is 28.8. The number of aliphatic hydroxyl groups is 1. The highest BCUT2D eigenvalue weighted by Gasteiger charge is 2.33. The highest BCUT2D eigenvalue weighted by molar-refractivity contribution is 6.30. The van der Waals surface area contributed by atoms with Crippen LogP contribution in [0.2, 0.25) is 5.02 Å². The summed E-state index contributed by atoms with van der Waals surface area (Å²) in [6.45, 7) is 0.762. The van der Waals surface area contributed by atoms with Gasteiger partial charge in [0.2, 0.25) is 0 Å². The minimum Gasteiger partial charge on any atom is -0.392 e. The van der Waals surface area contributed by atoms with Gasteiger partial charge >= 0.3 is 0 Å². The van der Waals surface area contributed by atoms with E-state index in [1.165, 1.54) is 18.4 Å². The summed E-state index contributed by atoms with van der Waals surface area (Å²) in [6, 6.07) is 8.75. The van der Waals surface area contributed by atoms with Crippen molar-refractivity contribution in [3.8, 4) is 0 Å². The molecule has 0 spiro atoms. The Balaban J connectivity index is 1.42. The van der Waals surface area contributed by atoms with Crippen LogP contribution in [0, 0.1) is 5.92 Å². The van der Waals surface area contributed by atoms with E-state index in [4.69, 9.17) is 11.6 Å². The molecule has 3 heteroatoms. The quantitative estimate of drug-likeness (QED) is 0.858. The standard InChI is InChI=1S/C15H20ClNO/c16-13-3-1-2-11(6-13)12-7-14(8-12)17-9-15(18)10-4-5-10/h1-3,6,10,12,14-15,17-18H,4-5,7-9H2. The Bertz CT molecular complexity index is 413. The molecular formula is C15H20ClNO. The number of halogens is 1. The number of nitrogens with one attached hydrogen (secondary N) is 1. The van der Waals surface area contributed by atoms with Gasteiger partial charge < -0.3 is 10.4 Å². The van der Waals surface area contributed by atoms with Crippen LogP contribution in [0.5, 0.6) is 0 Å². The van der Waals surface area contributed by atoms with E-state index in [0.717, 1.165) is 24.4 Å². The Labute approximate surface area is 113 Å². The maximum absolute atomic E-state index is 9.80. The number of rotatable bonds is 5. The molecule has 0 heterocycles. The molecule has 0 radical (unpaired) electrons. The molecular weight excluding hydrogens is 246 g/mol. The van der Waals surface area contributed by atoms with Crippen LogP contribution in [0.1, 0.15) is 37.2 Å². The lowest BCUT2D eigenvalue weighted by atomic mass is 9.76. The first-order valence-electron chi connectivity index (χ1n) is 6.89. The summed E-state index contributed by atoms with van der Waals surface area (Å²) < 4.78 is 0. The van der Waals surface area contributed by atoms with E-state index in [1.54, 1.807) is 0 Å². The van der Waals surface area contributed by atoms with Gasteiger partial charge in [0.1, 0.15) is 0 Å². The molecule has 2 aliphatic rings. The fourth-order valence-corrected chi connectivity index (χ4v) is 2.95. The van der Waals surface area contributed by atoms with Crippen molar-refractivity contribution in [2.75, 3.05) is 6.54 Å². The first kappa shape index (κ1) is 12.5. The van der Waals surface area contributed by atoms with Gasteiger partial charge in [-0.05, 0) is 55.2 Å². The SMILES string of the molecule is OC(CNC1CC(c2cccc(Cl)c2)C1)C1CC1. The Morgan fingerprint density at radius 3 is 2.78 bits per heavy atom. The summed E-state index contributed by atoms with van der Waals surface area (Å²) in [7, 11) is 0. The largest absolute Gasteiger partial charge is 0.392 e. The lowest BCUT2D eigenvalue weighted by molar-refractivity contribution is 0.135. The summed E-state index contributed by atoms with van der Waals surface area (Å²) in [5.74, 6) is 1.21. The number of hydrogen-bond acceptors (Lipinski definition) is 2. The van der Waals surface area contributed by atoms with Crippen molar-refractivity contribution in [3.63, 3.8) is 0 Å². The smallest absolute Gasteiger partial charge is 0.0692 e. The fraction of sp³-hybridized carbons (Fsp3) is 0.600. The molecule has 2 nitrogen and oxygen atoms in total. The molecule has 0 amide bonds. The number of aliphatic hydroxyl groups excluding tert-OH is 1. The molecule has 1 aromatic rings. The summed E-state index contributed by atoms with van der Waals surface area (Å²) in [6.07, 6.45) is 4.61. The Hall–Kier alpha value is -0.570. The van der Waals surface area contributed by atoms with Crippen molar-refractivity contribution >= 4 is 11.6 Å². The third-order valence-electron chi connectivity index (χ3n) is 4.24. The number of benzene rings is 1. The fourth-order valence-electron chi connectivity index (χ4n) is 2.75. The zero-order valence-corrected chi connectivity index (χ0v) is 11.2. The van der Waals surface area contributed by atoms with E-state index in [-0.39, 0.29) is 6.10 Å². The number of hydrogen-bond donors (Lipinski definition) is 2. The van der Waals surface area contributed by atoms with Crippen molar-refractivity contribution < 1.29 is 5.11 Å². The van der Waals surface area contributed by atoms with Gasteiger partial charge in [-0.2, -0.15) is 0 Å². The second-order valence-corrected chi connectivity index (χ2v) is 6.17. The predicted molar refractivity (Wildman–Crippen MR) is 73.9 cm³/mol. The first-order chi connectivity index (χ1) is 8.72. The van der Waals surface area contributed by atoms with E-state index in [0.29, 0.717) is 17.9 Å². The van der Waals surface area contributed by atoms with Crippen molar-refractivity contribution in [2.24, 2.45) is 5.92 Å². The summed E-state index contributed by atoms with van der Waals surface area (Å²) >= 11 is 6.00. The van der Waals surface area contributed by atoms with Crippen LogP contribution in [0.3, 0.4) is 0 Å². The third-order valence-corrected chi connectivity index (χ3v) is 4.48. The molecule has 3 rings (SSSR count). The maximum atomic E-state index is 9.80. The van der Waals surface area contributed by atoms with Crippen LogP contribution in [0.25, 0.3) is 0 Å². The van der Waals surface area contributed by atoms with Gasteiger partial charge in [0.15, 0.2) is 0 Å². The van der Waals surface area contributed by atoms with E-state index < -0.39 is 0 Å². The Morgan fingerprint density at radius 1 is 1.33 bits per heavy atom. The van der Waals surface area contributed by atoms with E-state index >= 15 is 0 Å². The molecule has 2 saturated carbocycles. The van der Waals surface area contributed by atoms with E-state index in [2.05, 4.69) is 17.4 Å². The average Bonchev–Trinajstić information content (AvgIpc) is 3.10. The third kappa shape index (κ3) is 2.87. The van der Waals surface area contributed by atoms with Crippen LogP contribution in [0.15, 0.2) is 24.3 Å². The summed E-state index contributed by atoms with van der Waals surface area (Å²) in [5, 5.41) is 14.1. The molecule has 98 valence electrons. The Kier molecular flexibility index (Phi) is 3.60. The molecule has 0 saturated heterocycles. The first-order valence-corrected chi connectivity index (χ1v) is 7.27. The minimum atomic E-state index is -0.129. The summed E-state index contributed by atoms with van der Waals surface area (Å²) in [5.41, 5.74) is 1.35. The predicted octanol–water partition coefficient (Wildman–Crippen LogP) is 2.95. The average molecular weight is 266 g/mol. The minimum absolute atomic E-state index is 0.129. The van der Waals surface area contributed by atoms with Crippen LogP contribution < -0.4 is 5.32 Å². The molecule has 1 atom stereocenters. The molecule has 1 aromatic carbocycles. The van der Waals surface area contributed by atoms with Gasteiger partial charge in [0.05, 0.1) is 6.10 Å². The van der Waals surface area contributed by atoms with Crippen molar-refractivity contribution in [2.45, 2.75) is 43.7 Å². The molecule has 18 heavy (non-hydrogen) atoms. The monoisotopic (exact) mass is 265 g/mol. The van der Waals surface area contributed by atoms with Gasteiger partial charge in [-0.15, -0.1) is 0 Å². The topological polar surface area (TPSA) is 32.3 Å². The van der Waals surface area contributed by atoms with Crippen LogP contribution in [-0.4, -0.2) is 23.8 Å². The molecule has 1 unspecified atom stereocenters. The van der Waals surface area contributed by atoms with Crippen molar-refractivity contribution in [1.29, 1.82) is 0 Å². The van der Waals surface area contributed by atoms with E-state index in [1.807, 2.05) is 12.1 Å². The van der Waals surface area contributed by atoms with Crippen LogP contribution in [-0.2, 0) is 0 Å². The molecule has 0 aromatic heterocycles. The van der Waals surface area contributed by atoms with Gasteiger partial charge in [-0.25, -0.2) is 0 Å². The second-order valence-electron chi connectivity index (χ2n) is 5.73. The van der Waals surface area contributed by atoms with Gasteiger partial charge in [-0.3, -0.25) is 0 Å². The highest BCUT2D eigenvalue weighted by atomic mass is 35.5.